The highest BCUT2D eigenvalue weighted by atomic mass is 79.9. The molecule has 2 aromatic rings. The number of hydrogen-bond donors (Lipinski definition) is 0. The second-order valence-corrected chi connectivity index (χ2v) is 6.39. The molecule has 0 aliphatic rings. The number of rotatable bonds is 5. The average molecular weight is 410 g/mol. The first-order valence-corrected chi connectivity index (χ1v) is 8.56. The Morgan fingerprint density at radius 2 is 1.67 bits per heavy atom. The Kier molecular flexibility index (Phi) is 6.00. The quantitative estimate of drug-likeness (QED) is 0.569. The van der Waals surface area contributed by atoms with Crippen LogP contribution in [0.15, 0.2) is 56.4 Å². The monoisotopic (exact) mass is 408 g/mol. The van der Waals surface area contributed by atoms with Gasteiger partial charge in [-0.15, -0.1) is 0 Å². The van der Waals surface area contributed by atoms with E-state index < -0.39 is 0 Å². The Balaban J connectivity index is 2.14. The van der Waals surface area contributed by atoms with E-state index in [0.29, 0.717) is 0 Å². The molecule has 0 radical (unpaired) electrons. The molecule has 0 fully saturated rings. The van der Waals surface area contributed by atoms with Gasteiger partial charge in [-0.25, -0.2) is 0 Å². The fraction of sp³-hybridized carbons (Fsp3) is 0.235. The number of hydrogen-bond acceptors (Lipinski definition) is 2. The Morgan fingerprint density at radius 3 is 2.24 bits per heavy atom. The van der Waals surface area contributed by atoms with Crippen molar-refractivity contribution in [3.8, 4) is 0 Å². The summed E-state index contributed by atoms with van der Waals surface area (Å²) in [6.45, 7) is 6.39. The first-order chi connectivity index (χ1) is 10.1. The predicted molar refractivity (Wildman–Crippen MR) is 99.1 cm³/mol. The smallest absolute Gasteiger partial charge is 0.0772 e. The molecular formula is C17H18Br2N2. The molecule has 0 aliphatic carbocycles. The van der Waals surface area contributed by atoms with Gasteiger partial charge in [0.05, 0.1) is 5.69 Å². The molecule has 0 heterocycles. The van der Waals surface area contributed by atoms with E-state index in [0.717, 1.165) is 33.3 Å². The van der Waals surface area contributed by atoms with E-state index in [1.165, 1.54) is 5.69 Å². The number of benzene rings is 2. The van der Waals surface area contributed by atoms with E-state index in [4.69, 9.17) is 0 Å². The largest absolute Gasteiger partial charge is 0.372 e. The van der Waals surface area contributed by atoms with E-state index in [9.17, 15) is 0 Å². The van der Waals surface area contributed by atoms with E-state index in [-0.39, 0.29) is 0 Å². The molecule has 0 aromatic heterocycles. The minimum Gasteiger partial charge on any atom is -0.372 e. The molecule has 0 saturated carbocycles. The van der Waals surface area contributed by atoms with Gasteiger partial charge in [0, 0.05) is 33.9 Å². The lowest BCUT2D eigenvalue weighted by Crippen LogP contribution is -2.21. The second kappa shape index (κ2) is 7.76. The number of nitrogens with zero attached hydrogens (tertiary/aromatic N) is 2. The van der Waals surface area contributed by atoms with Crippen LogP contribution in [0, 0.1) is 0 Å². The molecule has 0 bridgehead atoms. The first-order valence-electron chi connectivity index (χ1n) is 6.98. The minimum absolute atomic E-state index is 0.922. The van der Waals surface area contributed by atoms with Gasteiger partial charge >= 0.3 is 0 Å². The number of anilines is 1. The molecule has 2 rings (SSSR count). The van der Waals surface area contributed by atoms with Gasteiger partial charge in [-0.05, 0) is 65.7 Å². The summed E-state index contributed by atoms with van der Waals surface area (Å²) < 4.78 is 2.02. The Bertz CT molecular complexity index is 617. The Hall–Kier alpha value is -1.13. The molecule has 0 spiro atoms. The average Bonchev–Trinajstić information content (AvgIpc) is 2.49. The molecular weight excluding hydrogens is 392 g/mol. The molecule has 0 saturated heterocycles. The summed E-state index contributed by atoms with van der Waals surface area (Å²) >= 11 is 6.96. The zero-order valence-electron chi connectivity index (χ0n) is 12.2. The maximum atomic E-state index is 4.53. The SMILES string of the molecule is CCN(CC)c1ccc(C=Nc2ccc(Br)cc2Br)cc1. The molecule has 2 aromatic carbocycles. The maximum absolute atomic E-state index is 4.53. The highest BCUT2D eigenvalue weighted by molar-refractivity contribution is 9.11. The number of aliphatic imine (C=N–C) groups is 1. The summed E-state index contributed by atoms with van der Waals surface area (Å²) in [4.78, 5) is 6.85. The van der Waals surface area contributed by atoms with Crippen LogP contribution in [-0.4, -0.2) is 19.3 Å². The summed E-state index contributed by atoms with van der Waals surface area (Å²) in [6, 6.07) is 14.5. The lowest BCUT2D eigenvalue weighted by molar-refractivity contribution is 0.866. The van der Waals surface area contributed by atoms with Gasteiger partial charge in [-0.2, -0.15) is 0 Å². The van der Waals surface area contributed by atoms with E-state index in [2.05, 4.69) is 79.9 Å². The lowest BCUT2D eigenvalue weighted by Gasteiger charge is -2.20. The van der Waals surface area contributed by atoms with Crippen molar-refractivity contribution in [2.45, 2.75) is 13.8 Å². The third kappa shape index (κ3) is 4.42. The van der Waals surface area contributed by atoms with Crippen molar-refractivity contribution >= 4 is 49.4 Å². The fourth-order valence-corrected chi connectivity index (χ4v) is 3.24. The van der Waals surface area contributed by atoms with Crippen molar-refractivity contribution in [1.29, 1.82) is 0 Å². The second-order valence-electron chi connectivity index (χ2n) is 4.62. The third-order valence-corrected chi connectivity index (χ3v) is 4.41. The van der Waals surface area contributed by atoms with Crippen LogP contribution >= 0.6 is 31.9 Å². The molecule has 4 heteroatoms. The molecule has 0 atom stereocenters. The highest BCUT2D eigenvalue weighted by Gasteiger charge is 2.01. The highest BCUT2D eigenvalue weighted by Crippen LogP contribution is 2.28. The van der Waals surface area contributed by atoms with Gasteiger partial charge in [-0.3, -0.25) is 4.99 Å². The zero-order chi connectivity index (χ0) is 15.2. The van der Waals surface area contributed by atoms with Crippen LogP contribution in [0.3, 0.4) is 0 Å². The minimum atomic E-state index is 0.922. The molecule has 0 unspecified atom stereocenters. The Morgan fingerprint density at radius 1 is 1.00 bits per heavy atom. The summed E-state index contributed by atoms with van der Waals surface area (Å²) in [5, 5.41) is 0. The Labute approximate surface area is 143 Å². The van der Waals surface area contributed by atoms with E-state index in [1.807, 2.05) is 24.4 Å². The molecule has 21 heavy (non-hydrogen) atoms. The van der Waals surface area contributed by atoms with Gasteiger partial charge in [-0.1, -0.05) is 28.1 Å². The summed E-state index contributed by atoms with van der Waals surface area (Å²) in [7, 11) is 0. The van der Waals surface area contributed by atoms with Gasteiger partial charge < -0.3 is 4.90 Å². The predicted octanol–water partition coefficient (Wildman–Crippen LogP) is 5.81. The van der Waals surface area contributed by atoms with Gasteiger partial charge in [0.1, 0.15) is 0 Å². The van der Waals surface area contributed by atoms with Crippen molar-refractivity contribution in [3.63, 3.8) is 0 Å². The molecule has 2 nitrogen and oxygen atoms in total. The standard InChI is InChI=1S/C17H18Br2N2/c1-3-21(4-2)15-8-5-13(6-9-15)12-20-17-10-7-14(18)11-16(17)19/h5-12H,3-4H2,1-2H3. The van der Waals surface area contributed by atoms with Crippen LogP contribution in [0.2, 0.25) is 0 Å². The van der Waals surface area contributed by atoms with Crippen molar-refractivity contribution in [2.24, 2.45) is 4.99 Å². The fourth-order valence-electron chi connectivity index (χ4n) is 2.09. The van der Waals surface area contributed by atoms with Gasteiger partial charge in [0.15, 0.2) is 0 Å². The molecule has 0 N–H and O–H groups in total. The van der Waals surface area contributed by atoms with Crippen molar-refractivity contribution in [3.05, 3.63) is 57.0 Å². The van der Waals surface area contributed by atoms with Crippen molar-refractivity contribution in [2.75, 3.05) is 18.0 Å². The zero-order valence-corrected chi connectivity index (χ0v) is 15.4. The lowest BCUT2D eigenvalue weighted by atomic mass is 10.2. The summed E-state index contributed by atoms with van der Waals surface area (Å²) in [5.41, 5.74) is 3.27. The molecule has 110 valence electrons. The van der Waals surface area contributed by atoms with Crippen LogP contribution in [0.25, 0.3) is 0 Å². The topological polar surface area (TPSA) is 15.6 Å². The van der Waals surface area contributed by atoms with Gasteiger partial charge in [0.2, 0.25) is 0 Å². The first kappa shape index (κ1) is 16.2. The van der Waals surface area contributed by atoms with E-state index in [1.54, 1.807) is 0 Å². The molecule has 0 amide bonds. The van der Waals surface area contributed by atoms with Crippen LogP contribution in [0.4, 0.5) is 11.4 Å². The molecule has 0 aliphatic heterocycles. The maximum Gasteiger partial charge on any atom is 0.0772 e. The summed E-state index contributed by atoms with van der Waals surface area (Å²) in [6.07, 6.45) is 1.89. The van der Waals surface area contributed by atoms with Crippen molar-refractivity contribution < 1.29 is 0 Å². The third-order valence-electron chi connectivity index (χ3n) is 3.28. The van der Waals surface area contributed by atoms with Crippen LogP contribution < -0.4 is 4.90 Å². The van der Waals surface area contributed by atoms with Gasteiger partial charge in [0.25, 0.3) is 0 Å². The normalized spacial score (nSPS) is 11.0. The van der Waals surface area contributed by atoms with E-state index >= 15 is 0 Å². The number of halogens is 2. The van der Waals surface area contributed by atoms with Crippen LogP contribution in [-0.2, 0) is 0 Å². The van der Waals surface area contributed by atoms with Crippen molar-refractivity contribution in [1.82, 2.24) is 0 Å². The van der Waals surface area contributed by atoms with Crippen LogP contribution in [0.1, 0.15) is 19.4 Å². The summed E-state index contributed by atoms with van der Waals surface area (Å²) in [5.74, 6) is 0. The van der Waals surface area contributed by atoms with Crippen LogP contribution in [0.5, 0.6) is 0 Å².